The highest BCUT2D eigenvalue weighted by Crippen LogP contribution is 2.32. The summed E-state index contributed by atoms with van der Waals surface area (Å²) >= 11 is 0. The zero-order valence-corrected chi connectivity index (χ0v) is 20.0. The van der Waals surface area contributed by atoms with E-state index >= 15 is 0 Å². The average Bonchev–Trinajstić information content (AvgIpc) is 2.83. The van der Waals surface area contributed by atoms with Crippen molar-refractivity contribution in [3.05, 3.63) is 83.6 Å². The molecule has 0 bridgehead atoms. The lowest BCUT2D eigenvalue weighted by atomic mass is 9.94. The molecule has 0 aliphatic rings. The van der Waals surface area contributed by atoms with Crippen LogP contribution in [-0.2, 0) is 11.0 Å². The zero-order valence-electron chi connectivity index (χ0n) is 20.0. The van der Waals surface area contributed by atoms with Crippen molar-refractivity contribution in [2.75, 3.05) is 11.9 Å². The number of carbonyl (C=O) groups excluding carboxylic acids is 1. The molecule has 1 aromatic heterocycles. The first-order valence-electron chi connectivity index (χ1n) is 11.5. The van der Waals surface area contributed by atoms with E-state index in [1.54, 1.807) is 12.1 Å². The number of nitrogens with zero attached hydrogens (tertiary/aromatic N) is 1. The van der Waals surface area contributed by atoms with Crippen molar-refractivity contribution in [3.8, 4) is 11.1 Å². The number of aliphatic carboxylic acids is 1. The summed E-state index contributed by atoms with van der Waals surface area (Å²) in [5.74, 6) is -0.435. The Kier molecular flexibility index (Phi) is 8.68. The van der Waals surface area contributed by atoms with Crippen LogP contribution in [0.2, 0.25) is 0 Å². The summed E-state index contributed by atoms with van der Waals surface area (Å²) in [6, 6.07) is 16.0. The quantitative estimate of drug-likeness (QED) is 0.310. The van der Waals surface area contributed by atoms with Crippen molar-refractivity contribution in [2.45, 2.75) is 38.9 Å². The fraction of sp³-hybridized carbons (Fsp3) is 0.296. The monoisotopic (exact) mass is 499 g/mol. The van der Waals surface area contributed by atoms with Gasteiger partial charge in [-0.2, -0.15) is 13.2 Å². The topological polar surface area (TPSA) is 91.3 Å². The number of pyridine rings is 1. The fourth-order valence-corrected chi connectivity index (χ4v) is 3.69. The molecule has 0 saturated heterocycles. The molecule has 0 saturated carbocycles. The number of hydrogen-bond acceptors (Lipinski definition) is 4. The number of carboxylic acid groups (broad SMARTS) is 1. The first-order valence-corrected chi connectivity index (χ1v) is 11.5. The van der Waals surface area contributed by atoms with Crippen LogP contribution in [0, 0.1) is 5.92 Å². The maximum Gasteiger partial charge on any atom is 0.416 e. The van der Waals surface area contributed by atoms with Crippen LogP contribution in [0.15, 0.2) is 66.9 Å². The summed E-state index contributed by atoms with van der Waals surface area (Å²) in [6.45, 7) is 4.24. The standard InChI is InChI=1S/C27H28F3N3O3/c1-17(2)15-23(33-24-12-9-21(16-32-24)26(36)31-14-13-25(34)35)20-5-3-18(4-6-20)19-7-10-22(11-8-19)27(28,29)30/h3-12,16-17,23H,13-15H2,1-2H3,(H,31,36)(H,32,33)(H,34,35)/t23-/m0/s1. The number of carbonyl (C=O) groups is 2. The Morgan fingerprint density at radius 1 is 0.944 bits per heavy atom. The van der Waals surface area contributed by atoms with Gasteiger partial charge in [0.15, 0.2) is 0 Å². The highest BCUT2D eigenvalue weighted by atomic mass is 19.4. The number of anilines is 1. The van der Waals surface area contributed by atoms with E-state index in [2.05, 4.69) is 29.5 Å². The molecule has 9 heteroatoms. The number of carboxylic acids is 1. The Hall–Kier alpha value is -3.88. The lowest BCUT2D eigenvalue weighted by Gasteiger charge is -2.22. The van der Waals surface area contributed by atoms with Gasteiger partial charge in [0, 0.05) is 12.7 Å². The molecule has 3 N–H and O–H groups in total. The van der Waals surface area contributed by atoms with Gasteiger partial charge in [0.05, 0.1) is 23.6 Å². The molecule has 36 heavy (non-hydrogen) atoms. The summed E-state index contributed by atoms with van der Waals surface area (Å²) in [6.07, 6.45) is -2.29. The lowest BCUT2D eigenvalue weighted by molar-refractivity contribution is -0.138. The molecule has 3 aromatic rings. The molecule has 190 valence electrons. The van der Waals surface area contributed by atoms with Gasteiger partial charge >= 0.3 is 12.1 Å². The average molecular weight is 500 g/mol. The number of aromatic nitrogens is 1. The third-order valence-corrected chi connectivity index (χ3v) is 5.54. The fourth-order valence-electron chi connectivity index (χ4n) is 3.69. The first-order chi connectivity index (χ1) is 17.0. The van der Waals surface area contributed by atoms with Gasteiger partial charge in [0.2, 0.25) is 0 Å². The number of hydrogen-bond donors (Lipinski definition) is 3. The number of nitrogens with one attached hydrogen (secondary N) is 2. The minimum Gasteiger partial charge on any atom is -0.481 e. The van der Waals surface area contributed by atoms with Crippen LogP contribution < -0.4 is 10.6 Å². The van der Waals surface area contributed by atoms with E-state index < -0.39 is 23.6 Å². The maximum atomic E-state index is 12.8. The summed E-state index contributed by atoms with van der Waals surface area (Å²) in [5.41, 5.74) is 2.15. The molecule has 6 nitrogen and oxygen atoms in total. The van der Waals surface area contributed by atoms with Crippen LogP contribution in [0.1, 0.15) is 54.2 Å². The number of rotatable bonds is 10. The second-order valence-electron chi connectivity index (χ2n) is 8.86. The predicted octanol–water partition coefficient (Wildman–Crippen LogP) is 6.17. The highest BCUT2D eigenvalue weighted by Gasteiger charge is 2.30. The molecule has 0 unspecified atom stereocenters. The van der Waals surface area contributed by atoms with E-state index in [0.29, 0.717) is 22.9 Å². The van der Waals surface area contributed by atoms with Crippen molar-refractivity contribution < 1.29 is 27.9 Å². The predicted molar refractivity (Wildman–Crippen MR) is 132 cm³/mol. The van der Waals surface area contributed by atoms with Gasteiger partial charge in [-0.15, -0.1) is 0 Å². The van der Waals surface area contributed by atoms with E-state index in [4.69, 9.17) is 5.11 Å². The zero-order chi connectivity index (χ0) is 26.3. The van der Waals surface area contributed by atoms with E-state index in [9.17, 15) is 22.8 Å². The smallest absolute Gasteiger partial charge is 0.416 e. The van der Waals surface area contributed by atoms with Crippen LogP contribution >= 0.6 is 0 Å². The van der Waals surface area contributed by atoms with Gasteiger partial charge in [0.1, 0.15) is 5.82 Å². The molecule has 2 aromatic carbocycles. The molecule has 0 aliphatic carbocycles. The van der Waals surface area contributed by atoms with Gasteiger partial charge in [-0.05, 0) is 53.3 Å². The first kappa shape index (κ1) is 26.7. The highest BCUT2D eigenvalue weighted by molar-refractivity contribution is 5.94. The Labute approximate surface area is 207 Å². The molecule has 3 rings (SSSR count). The SMILES string of the molecule is CC(C)C[C@H](Nc1ccc(C(=O)NCCC(=O)O)cn1)c1ccc(-c2ccc(C(F)(F)F)cc2)cc1. The lowest BCUT2D eigenvalue weighted by Crippen LogP contribution is -2.26. The van der Waals surface area contributed by atoms with Crippen LogP contribution in [-0.4, -0.2) is 28.5 Å². The maximum absolute atomic E-state index is 12.8. The molecule has 0 aliphatic heterocycles. The number of halogens is 3. The third kappa shape index (κ3) is 7.56. The van der Waals surface area contributed by atoms with Gasteiger partial charge in [-0.1, -0.05) is 50.2 Å². The number of benzene rings is 2. The van der Waals surface area contributed by atoms with E-state index in [-0.39, 0.29) is 19.0 Å². The van der Waals surface area contributed by atoms with Crippen molar-refractivity contribution in [1.29, 1.82) is 0 Å². The molecular weight excluding hydrogens is 471 g/mol. The van der Waals surface area contributed by atoms with Crippen LogP contribution in [0.4, 0.5) is 19.0 Å². The largest absolute Gasteiger partial charge is 0.481 e. The Balaban J connectivity index is 1.70. The molecule has 0 radical (unpaired) electrons. The molecule has 1 heterocycles. The van der Waals surface area contributed by atoms with Crippen molar-refractivity contribution in [2.24, 2.45) is 5.92 Å². The Morgan fingerprint density at radius 2 is 1.56 bits per heavy atom. The molecule has 1 amide bonds. The Bertz CT molecular complexity index is 1160. The summed E-state index contributed by atoms with van der Waals surface area (Å²) in [5, 5.41) is 14.6. The van der Waals surface area contributed by atoms with Crippen molar-refractivity contribution in [1.82, 2.24) is 10.3 Å². The summed E-state index contributed by atoms with van der Waals surface area (Å²) in [4.78, 5) is 27.0. The van der Waals surface area contributed by atoms with Gasteiger partial charge in [-0.25, -0.2) is 4.98 Å². The number of alkyl halides is 3. The molecule has 1 atom stereocenters. The minimum atomic E-state index is -4.37. The molecule has 0 fully saturated rings. The van der Waals surface area contributed by atoms with Crippen molar-refractivity contribution >= 4 is 17.7 Å². The van der Waals surface area contributed by atoms with Gasteiger partial charge in [0.25, 0.3) is 5.91 Å². The Morgan fingerprint density at radius 3 is 2.06 bits per heavy atom. The number of amides is 1. The van der Waals surface area contributed by atoms with Crippen molar-refractivity contribution in [3.63, 3.8) is 0 Å². The summed E-state index contributed by atoms with van der Waals surface area (Å²) in [7, 11) is 0. The molecular formula is C27H28F3N3O3. The third-order valence-electron chi connectivity index (χ3n) is 5.54. The van der Waals surface area contributed by atoms with Crippen LogP contribution in [0.3, 0.4) is 0 Å². The van der Waals surface area contributed by atoms with Gasteiger partial charge < -0.3 is 15.7 Å². The second-order valence-corrected chi connectivity index (χ2v) is 8.86. The van der Waals surface area contributed by atoms with E-state index in [1.807, 2.05) is 24.3 Å². The normalized spacial score (nSPS) is 12.3. The van der Waals surface area contributed by atoms with Crippen LogP contribution in [0.5, 0.6) is 0 Å². The van der Waals surface area contributed by atoms with E-state index in [1.165, 1.54) is 18.3 Å². The van der Waals surface area contributed by atoms with Gasteiger partial charge in [-0.3, -0.25) is 9.59 Å². The van der Waals surface area contributed by atoms with Crippen LogP contribution in [0.25, 0.3) is 11.1 Å². The minimum absolute atomic E-state index is 0.0348. The summed E-state index contributed by atoms with van der Waals surface area (Å²) < 4.78 is 38.5. The van der Waals surface area contributed by atoms with E-state index in [0.717, 1.165) is 29.7 Å². The molecule has 0 spiro atoms. The second kappa shape index (κ2) is 11.7.